The van der Waals surface area contributed by atoms with Crippen molar-refractivity contribution in [3.05, 3.63) is 23.3 Å². The summed E-state index contributed by atoms with van der Waals surface area (Å²) in [5.74, 6) is 1.68. The average Bonchev–Trinajstić information content (AvgIpc) is 2.98. The molecule has 6 nitrogen and oxygen atoms in total. The molecule has 2 heterocycles. The van der Waals surface area contributed by atoms with Crippen molar-refractivity contribution < 1.29 is 0 Å². The number of nitrogens with two attached hydrogens (primary N) is 1. The Hall–Kier alpha value is -1.34. The van der Waals surface area contributed by atoms with Gasteiger partial charge in [0.1, 0.15) is 5.82 Å². The molecule has 2 aromatic rings. The first-order valence-electron chi connectivity index (χ1n) is 6.47. The Morgan fingerprint density at radius 3 is 2.68 bits per heavy atom. The summed E-state index contributed by atoms with van der Waals surface area (Å²) < 4.78 is 4.09. The van der Waals surface area contributed by atoms with Gasteiger partial charge in [0.15, 0.2) is 5.16 Å². The normalized spacial score (nSPS) is 11.2. The van der Waals surface area contributed by atoms with Gasteiger partial charge >= 0.3 is 0 Å². The minimum Gasteiger partial charge on any atom is -0.324 e. The van der Waals surface area contributed by atoms with Gasteiger partial charge in [-0.2, -0.15) is 5.10 Å². The SMILES string of the molecule is CCn1nc(C)cc1CSc1nnc(CN)n1CC. The molecule has 2 N–H and O–H groups in total. The molecular weight excluding hydrogens is 260 g/mol. The second kappa shape index (κ2) is 6.21. The quantitative estimate of drug-likeness (QED) is 0.813. The van der Waals surface area contributed by atoms with Gasteiger partial charge in [-0.05, 0) is 26.8 Å². The van der Waals surface area contributed by atoms with Crippen LogP contribution in [0, 0.1) is 6.92 Å². The van der Waals surface area contributed by atoms with Crippen LogP contribution < -0.4 is 5.73 Å². The molecule has 0 saturated carbocycles. The number of aromatic nitrogens is 5. The molecule has 0 atom stereocenters. The molecule has 0 radical (unpaired) electrons. The summed E-state index contributed by atoms with van der Waals surface area (Å²) >= 11 is 1.68. The Morgan fingerprint density at radius 1 is 1.26 bits per heavy atom. The van der Waals surface area contributed by atoms with Crippen LogP contribution in [-0.2, 0) is 25.4 Å². The van der Waals surface area contributed by atoms with Crippen LogP contribution in [-0.4, -0.2) is 24.5 Å². The van der Waals surface area contributed by atoms with Crippen LogP contribution in [0.4, 0.5) is 0 Å². The van der Waals surface area contributed by atoms with E-state index in [1.807, 2.05) is 11.6 Å². The number of hydrogen-bond donors (Lipinski definition) is 1. The zero-order valence-electron chi connectivity index (χ0n) is 11.6. The van der Waals surface area contributed by atoms with Crippen molar-refractivity contribution in [2.75, 3.05) is 0 Å². The highest BCUT2D eigenvalue weighted by Gasteiger charge is 2.11. The number of thioether (sulfide) groups is 1. The number of nitrogens with zero attached hydrogens (tertiary/aromatic N) is 5. The lowest BCUT2D eigenvalue weighted by Crippen LogP contribution is -2.08. The molecule has 7 heteroatoms. The molecule has 0 spiro atoms. The maximum Gasteiger partial charge on any atom is 0.191 e. The summed E-state index contributed by atoms with van der Waals surface area (Å²) in [5, 5.41) is 13.7. The Kier molecular flexibility index (Phi) is 4.60. The topological polar surface area (TPSA) is 74.6 Å². The van der Waals surface area contributed by atoms with Gasteiger partial charge in [-0.3, -0.25) is 4.68 Å². The monoisotopic (exact) mass is 280 g/mol. The summed E-state index contributed by atoms with van der Waals surface area (Å²) in [5.41, 5.74) is 7.91. The Labute approximate surface area is 117 Å². The molecule has 0 aromatic carbocycles. The van der Waals surface area contributed by atoms with Gasteiger partial charge in [-0.25, -0.2) is 0 Å². The molecule has 0 aliphatic heterocycles. The lowest BCUT2D eigenvalue weighted by Gasteiger charge is -2.06. The van der Waals surface area contributed by atoms with Crippen LogP contribution in [0.3, 0.4) is 0 Å². The van der Waals surface area contributed by atoms with Crippen LogP contribution >= 0.6 is 11.8 Å². The van der Waals surface area contributed by atoms with E-state index in [-0.39, 0.29) is 0 Å². The van der Waals surface area contributed by atoms with Gasteiger partial charge in [0.25, 0.3) is 0 Å². The molecule has 0 fully saturated rings. The van der Waals surface area contributed by atoms with E-state index in [0.29, 0.717) is 6.54 Å². The summed E-state index contributed by atoms with van der Waals surface area (Å²) in [6.07, 6.45) is 0. The van der Waals surface area contributed by atoms with Gasteiger partial charge in [-0.15, -0.1) is 10.2 Å². The van der Waals surface area contributed by atoms with Crippen LogP contribution in [0.5, 0.6) is 0 Å². The first kappa shape index (κ1) is 14.1. The first-order chi connectivity index (χ1) is 9.19. The molecule has 0 saturated heterocycles. The molecule has 19 heavy (non-hydrogen) atoms. The molecule has 0 unspecified atom stereocenters. The molecule has 2 aromatic heterocycles. The lowest BCUT2D eigenvalue weighted by atomic mass is 10.4. The third-order valence-corrected chi connectivity index (χ3v) is 3.93. The summed E-state index contributed by atoms with van der Waals surface area (Å²) in [4.78, 5) is 0. The van der Waals surface area contributed by atoms with Crippen molar-refractivity contribution in [2.45, 2.75) is 51.3 Å². The van der Waals surface area contributed by atoms with Gasteiger partial charge in [0.05, 0.1) is 12.2 Å². The maximum absolute atomic E-state index is 5.65. The van der Waals surface area contributed by atoms with E-state index in [1.54, 1.807) is 11.8 Å². The van der Waals surface area contributed by atoms with Crippen LogP contribution in [0.1, 0.15) is 31.1 Å². The molecule has 0 aliphatic carbocycles. The fraction of sp³-hybridized carbons (Fsp3) is 0.583. The fourth-order valence-corrected chi connectivity index (χ4v) is 3.02. The fourth-order valence-electron chi connectivity index (χ4n) is 2.02. The third-order valence-electron chi connectivity index (χ3n) is 2.93. The molecule has 104 valence electrons. The predicted octanol–water partition coefficient (Wildman–Crippen LogP) is 1.57. The van der Waals surface area contributed by atoms with Crippen molar-refractivity contribution in [2.24, 2.45) is 5.73 Å². The average molecular weight is 280 g/mol. The second-order valence-electron chi connectivity index (χ2n) is 4.23. The Balaban J connectivity index is 2.12. The predicted molar refractivity (Wildman–Crippen MR) is 75.8 cm³/mol. The van der Waals surface area contributed by atoms with Gasteiger partial charge in [-0.1, -0.05) is 11.8 Å². The summed E-state index contributed by atoms with van der Waals surface area (Å²) in [6.45, 7) is 8.34. The second-order valence-corrected chi connectivity index (χ2v) is 5.17. The minimum atomic E-state index is 0.424. The van der Waals surface area contributed by atoms with Crippen molar-refractivity contribution >= 4 is 11.8 Å². The first-order valence-corrected chi connectivity index (χ1v) is 7.46. The minimum absolute atomic E-state index is 0.424. The number of aryl methyl sites for hydroxylation is 2. The van der Waals surface area contributed by atoms with Gasteiger partial charge < -0.3 is 10.3 Å². The van der Waals surface area contributed by atoms with E-state index in [1.165, 1.54) is 5.69 Å². The molecule has 0 aliphatic rings. The van der Waals surface area contributed by atoms with Crippen LogP contribution in [0.25, 0.3) is 0 Å². The zero-order valence-corrected chi connectivity index (χ0v) is 12.4. The van der Waals surface area contributed by atoms with E-state index >= 15 is 0 Å². The van der Waals surface area contributed by atoms with Crippen molar-refractivity contribution in [3.63, 3.8) is 0 Å². The van der Waals surface area contributed by atoms with E-state index in [2.05, 4.69) is 39.8 Å². The van der Waals surface area contributed by atoms with Gasteiger partial charge in [0.2, 0.25) is 0 Å². The van der Waals surface area contributed by atoms with E-state index in [9.17, 15) is 0 Å². The smallest absolute Gasteiger partial charge is 0.191 e. The van der Waals surface area contributed by atoms with Crippen molar-refractivity contribution in [1.29, 1.82) is 0 Å². The van der Waals surface area contributed by atoms with Gasteiger partial charge in [0, 0.05) is 24.5 Å². The van der Waals surface area contributed by atoms with E-state index in [0.717, 1.165) is 35.5 Å². The van der Waals surface area contributed by atoms with Crippen molar-refractivity contribution in [1.82, 2.24) is 24.5 Å². The molecule has 0 amide bonds. The highest BCUT2D eigenvalue weighted by molar-refractivity contribution is 7.98. The standard InChI is InChI=1S/C12H20N6S/c1-4-17-11(7-13)14-15-12(17)19-8-10-6-9(3)16-18(10)5-2/h6H,4-5,7-8,13H2,1-3H3. The highest BCUT2D eigenvalue weighted by Crippen LogP contribution is 2.22. The molecule has 2 rings (SSSR count). The zero-order chi connectivity index (χ0) is 13.8. The number of hydrogen-bond acceptors (Lipinski definition) is 5. The van der Waals surface area contributed by atoms with Crippen LogP contribution in [0.2, 0.25) is 0 Å². The Morgan fingerprint density at radius 2 is 2.05 bits per heavy atom. The summed E-state index contributed by atoms with van der Waals surface area (Å²) in [6, 6.07) is 2.12. The Bertz CT molecular complexity index is 544. The van der Waals surface area contributed by atoms with E-state index in [4.69, 9.17) is 5.73 Å². The number of rotatable bonds is 6. The third kappa shape index (κ3) is 2.98. The van der Waals surface area contributed by atoms with Crippen LogP contribution in [0.15, 0.2) is 11.2 Å². The summed E-state index contributed by atoms with van der Waals surface area (Å²) in [7, 11) is 0. The lowest BCUT2D eigenvalue weighted by molar-refractivity contribution is 0.628. The molecular formula is C12H20N6S. The highest BCUT2D eigenvalue weighted by atomic mass is 32.2. The molecule has 0 bridgehead atoms. The largest absolute Gasteiger partial charge is 0.324 e. The van der Waals surface area contributed by atoms with Crippen molar-refractivity contribution in [3.8, 4) is 0 Å². The maximum atomic E-state index is 5.65. The van der Waals surface area contributed by atoms with E-state index < -0.39 is 0 Å².